The quantitative estimate of drug-likeness (QED) is 0.293. The average molecular weight is 480 g/mol. The van der Waals surface area contributed by atoms with Crippen LogP contribution in [0.15, 0.2) is 42.6 Å². The lowest BCUT2D eigenvalue weighted by molar-refractivity contribution is 0.0142. The number of carbonyl (C=O) groups is 2. The van der Waals surface area contributed by atoms with E-state index in [0.717, 1.165) is 48.1 Å². The van der Waals surface area contributed by atoms with Gasteiger partial charge in [-0.15, -0.1) is 0 Å². The Bertz CT molecular complexity index is 1210. The number of pyridine rings is 1. The molecule has 8 nitrogen and oxygen atoms in total. The molecule has 0 unspecified atom stereocenters. The van der Waals surface area contributed by atoms with Crippen molar-refractivity contribution >= 4 is 33.7 Å². The zero-order valence-electron chi connectivity index (χ0n) is 20.9. The number of methoxy groups -OCH3 is 1. The van der Waals surface area contributed by atoms with E-state index in [1.165, 1.54) is 7.11 Å². The van der Waals surface area contributed by atoms with Crippen LogP contribution in [0.1, 0.15) is 37.6 Å². The summed E-state index contributed by atoms with van der Waals surface area (Å²) < 4.78 is 16.6. The van der Waals surface area contributed by atoms with Crippen molar-refractivity contribution in [3.63, 3.8) is 0 Å². The SMILES string of the molecule is COC(=O)c1ccnc2c1cc(OCCCN1CCN(C(=O)OC(C)(C)C)CC1)c1ccccc12. The molecule has 0 N–H and O–H groups in total. The first kappa shape index (κ1) is 24.7. The maximum Gasteiger partial charge on any atom is 0.410 e. The fraction of sp³-hybridized carbons (Fsp3) is 0.444. The molecule has 186 valence electrons. The number of amides is 1. The smallest absolute Gasteiger partial charge is 0.410 e. The van der Waals surface area contributed by atoms with Crippen molar-refractivity contribution in [1.29, 1.82) is 0 Å². The summed E-state index contributed by atoms with van der Waals surface area (Å²) in [4.78, 5) is 33.2. The summed E-state index contributed by atoms with van der Waals surface area (Å²) in [5.41, 5.74) is 0.737. The largest absolute Gasteiger partial charge is 0.493 e. The third-order valence-electron chi connectivity index (χ3n) is 6.02. The van der Waals surface area contributed by atoms with Gasteiger partial charge in [0, 0.05) is 55.1 Å². The Labute approximate surface area is 205 Å². The molecule has 1 aliphatic heterocycles. The van der Waals surface area contributed by atoms with Gasteiger partial charge in [-0.1, -0.05) is 24.3 Å². The monoisotopic (exact) mass is 479 g/mol. The number of esters is 1. The molecule has 1 amide bonds. The van der Waals surface area contributed by atoms with Gasteiger partial charge in [0.05, 0.1) is 24.8 Å². The number of hydrogen-bond acceptors (Lipinski definition) is 7. The minimum absolute atomic E-state index is 0.246. The van der Waals surface area contributed by atoms with Crippen LogP contribution in [0, 0.1) is 0 Å². The van der Waals surface area contributed by atoms with E-state index in [9.17, 15) is 9.59 Å². The number of nitrogens with zero attached hydrogens (tertiary/aromatic N) is 3. The molecule has 0 bridgehead atoms. The Hall–Kier alpha value is -3.39. The highest BCUT2D eigenvalue weighted by Crippen LogP contribution is 2.34. The van der Waals surface area contributed by atoms with Crippen LogP contribution in [0.3, 0.4) is 0 Å². The first-order valence-corrected chi connectivity index (χ1v) is 12.0. The van der Waals surface area contributed by atoms with Gasteiger partial charge in [0.15, 0.2) is 0 Å². The minimum atomic E-state index is -0.480. The van der Waals surface area contributed by atoms with Crippen molar-refractivity contribution in [3.8, 4) is 5.75 Å². The predicted octanol–water partition coefficient (Wildman–Crippen LogP) is 4.50. The lowest BCUT2D eigenvalue weighted by Crippen LogP contribution is -2.50. The highest BCUT2D eigenvalue weighted by molar-refractivity contribution is 6.14. The summed E-state index contributed by atoms with van der Waals surface area (Å²) in [6, 6.07) is 11.5. The Morgan fingerprint density at radius 3 is 2.40 bits per heavy atom. The second-order valence-corrected chi connectivity index (χ2v) is 9.68. The summed E-state index contributed by atoms with van der Waals surface area (Å²) in [5, 5.41) is 2.61. The summed E-state index contributed by atoms with van der Waals surface area (Å²) in [6.45, 7) is 10.0. The number of ether oxygens (including phenoxy) is 3. The summed E-state index contributed by atoms with van der Waals surface area (Å²) in [5.74, 6) is 0.324. The number of fused-ring (bicyclic) bond motifs is 3. The zero-order valence-corrected chi connectivity index (χ0v) is 20.9. The molecular formula is C27H33N3O5. The fourth-order valence-corrected chi connectivity index (χ4v) is 4.31. The molecule has 0 radical (unpaired) electrons. The van der Waals surface area contributed by atoms with Crippen LogP contribution in [0.2, 0.25) is 0 Å². The van der Waals surface area contributed by atoms with Gasteiger partial charge < -0.3 is 19.1 Å². The Morgan fingerprint density at radius 1 is 1.00 bits per heavy atom. The Morgan fingerprint density at radius 2 is 1.71 bits per heavy atom. The van der Waals surface area contributed by atoms with Crippen molar-refractivity contribution in [2.24, 2.45) is 0 Å². The van der Waals surface area contributed by atoms with Crippen LogP contribution in [-0.4, -0.2) is 78.9 Å². The normalized spacial score (nSPS) is 14.8. The van der Waals surface area contributed by atoms with Crippen molar-refractivity contribution in [2.45, 2.75) is 32.8 Å². The molecule has 4 rings (SSSR count). The molecule has 2 heterocycles. The van der Waals surface area contributed by atoms with Gasteiger partial charge >= 0.3 is 12.1 Å². The first-order valence-electron chi connectivity index (χ1n) is 12.0. The molecule has 8 heteroatoms. The average Bonchev–Trinajstić information content (AvgIpc) is 2.85. The van der Waals surface area contributed by atoms with E-state index in [2.05, 4.69) is 9.88 Å². The van der Waals surface area contributed by atoms with Crippen molar-refractivity contribution in [2.75, 3.05) is 46.4 Å². The lowest BCUT2D eigenvalue weighted by Gasteiger charge is -2.35. The molecule has 1 saturated heterocycles. The predicted molar refractivity (Wildman–Crippen MR) is 135 cm³/mol. The second-order valence-electron chi connectivity index (χ2n) is 9.68. The standard InChI is InChI=1S/C27H33N3O5/c1-27(2,3)35-26(32)30-15-13-29(14-16-30)12-7-17-34-23-18-22-21(25(31)33-4)10-11-28-24(22)20-9-6-5-8-19(20)23/h5-6,8-11,18H,7,12-17H2,1-4H3. The molecule has 0 aliphatic carbocycles. The molecule has 35 heavy (non-hydrogen) atoms. The zero-order chi connectivity index (χ0) is 25.0. The van der Waals surface area contributed by atoms with Crippen molar-refractivity contribution < 1.29 is 23.8 Å². The third kappa shape index (κ3) is 5.82. The summed E-state index contributed by atoms with van der Waals surface area (Å²) >= 11 is 0. The van der Waals surface area contributed by atoms with Crippen LogP contribution in [0.5, 0.6) is 5.75 Å². The summed E-state index contributed by atoms with van der Waals surface area (Å²) in [7, 11) is 1.38. The van der Waals surface area contributed by atoms with E-state index in [4.69, 9.17) is 14.2 Å². The topological polar surface area (TPSA) is 81.2 Å². The fourth-order valence-electron chi connectivity index (χ4n) is 4.31. The van der Waals surface area contributed by atoms with Gasteiger partial charge in [0.2, 0.25) is 0 Å². The number of rotatable bonds is 6. The number of carbonyl (C=O) groups excluding carboxylic acids is 2. The molecule has 1 fully saturated rings. The third-order valence-corrected chi connectivity index (χ3v) is 6.02. The van der Waals surface area contributed by atoms with Crippen LogP contribution >= 0.6 is 0 Å². The van der Waals surface area contributed by atoms with Crippen LogP contribution in [0.4, 0.5) is 4.79 Å². The molecule has 1 aliphatic rings. The van der Waals surface area contributed by atoms with E-state index < -0.39 is 11.6 Å². The Kier molecular flexibility index (Phi) is 7.40. The Balaban J connectivity index is 1.38. The van der Waals surface area contributed by atoms with E-state index in [1.54, 1.807) is 17.2 Å². The lowest BCUT2D eigenvalue weighted by atomic mass is 10.0. The van der Waals surface area contributed by atoms with E-state index in [-0.39, 0.29) is 6.09 Å². The highest BCUT2D eigenvalue weighted by atomic mass is 16.6. The van der Waals surface area contributed by atoms with Crippen molar-refractivity contribution in [1.82, 2.24) is 14.8 Å². The van der Waals surface area contributed by atoms with Gasteiger partial charge in [0.1, 0.15) is 11.4 Å². The van der Waals surface area contributed by atoms with Crippen LogP contribution in [0.25, 0.3) is 21.7 Å². The van der Waals surface area contributed by atoms with Gasteiger partial charge in [-0.05, 0) is 39.3 Å². The highest BCUT2D eigenvalue weighted by Gasteiger charge is 2.25. The van der Waals surface area contributed by atoms with Crippen LogP contribution < -0.4 is 4.74 Å². The molecule has 1 aromatic heterocycles. The van der Waals surface area contributed by atoms with E-state index in [1.807, 2.05) is 51.1 Å². The van der Waals surface area contributed by atoms with Gasteiger partial charge in [-0.2, -0.15) is 0 Å². The number of hydrogen-bond donors (Lipinski definition) is 0. The molecular weight excluding hydrogens is 446 g/mol. The molecule has 0 spiro atoms. The molecule has 3 aromatic rings. The van der Waals surface area contributed by atoms with Gasteiger partial charge in [-0.25, -0.2) is 9.59 Å². The van der Waals surface area contributed by atoms with E-state index >= 15 is 0 Å². The van der Waals surface area contributed by atoms with Crippen molar-refractivity contribution in [3.05, 3.63) is 48.2 Å². The second kappa shape index (κ2) is 10.5. The number of benzene rings is 2. The van der Waals surface area contributed by atoms with E-state index in [0.29, 0.717) is 30.6 Å². The maximum absolute atomic E-state index is 12.3. The van der Waals surface area contributed by atoms with Gasteiger partial charge in [0.25, 0.3) is 0 Å². The van der Waals surface area contributed by atoms with Crippen LogP contribution in [-0.2, 0) is 9.47 Å². The molecule has 2 aromatic carbocycles. The first-order chi connectivity index (χ1) is 16.8. The summed E-state index contributed by atoms with van der Waals surface area (Å²) in [6.07, 6.45) is 2.23. The van der Waals surface area contributed by atoms with Gasteiger partial charge in [-0.3, -0.25) is 9.88 Å². The number of piperazine rings is 1. The minimum Gasteiger partial charge on any atom is -0.493 e. The molecule has 0 saturated carbocycles. The maximum atomic E-state index is 12.3. The molecule has 0 atom stereocenters. The number of aromatic nitrogens is 1.